The molecule has 1 saturated heterocycles. The molecule has 146 valence electrons. The van der Waals surface area contributed by atoms with Gasteiger partial charge in [0, 0.05) is 10.6 Å². The summed E-state index contributed by atoms with van der Waals surface area (Å²) in [6.45, 7) is 5.04. The Morgan fingerprint density at radius 3 is 2.63 bits per heavy atom. The van der Waals surface area contributed by atoms with Crippen LogP contribution in [-0.4, -0.2) is 38.6 Å². The molecule has 0 aliphatic carbocycles. The summed E-state index contributed by atoms with van der Waals surface area (Å²) >= 11 is 1.61. The average molecular weight is 398 g/mol. The van der Waals surface area contributed by atoms with E-state index in [4.69, 9.17) is 0 Å². The second-order valence-corrected chi connectivity index (χ2v) is 7.75. The first-order valence-electron chi connectivity index (χ1n) is 8.91. The smallest absolute Gasteiger partial charge is 0.360 e. The number of amides is 1. The fraction of sp³-hybridized carbons (Fsp3) is 0.421. The summed E-state index contributed by atoms with van der Waals surface area (Å²) in [6, 6.07) is 9.37. The van der Waals surface area contributed by atoms with Gasteiger partial charge in [-0.3, -0.25) is 4.79 Å². The summed E-state index contributed by atoms with van der Waals surface area (Å²) in [5.41, 5.74) is -0.0450. The van der Waals surface area contributed by atoms with Crippen molar-refractivity contribution in [2.45, 2.75) is 19.1 Å². The van der Waals surface area contributed by atoms with E-state index in [1.807, 2.05) is 29.3 Å². The monoisotopic (exact) mass is 398 g/mol. The molecule has 2 aromatic rings. The van der Waals surface area contributed by atoms with Gasteiger partial charge in [0.2, 0.25) is 0 Å². The lowest BCUT2D eigenvalue weighted by Gasteiger charge is -2.33. The molecule has 0 unspecified atom stereocenters. The first-order chi connectivity index (χ1) is 12.8. The third-order valence-electron chi connectivity index (χ3n) is 4.77. The van der Waals surface area contributed by atoms with Crippen LogP contribution in [0.15, 0.2) is 41.8 Å². The maximum atomic E-state index is 12.9. The highest BCUT2D eigenvalue weighted by atomic mass is 32.1. The molecule has 1 aromatic carbocycles. The lowest BCUT2D eigenvalue weighted by Crippen LogP contribution is -3.15. The summed E-state index contributed by atoms with van der Waals surface area (Å²) in [5, 5.41) is 4.99. The molecule has 2 heterocycles. The standard InChI is InChI=1S/C19H22F3N3OS/c1-14(17-6-3-11-27-17)23-18(26)13-24-7-9-25(10-8-24)16-5-2-4-15(12-16)19(20,21)22/h2-6,11-12,14H,7-10,13H2,1H3,(H,23,26)/p+1/t14-/m1/s1. The van der Waals surface area contributed by atoms with Gasteiger partial charge in [-0.25, -0.2) is 0 Å². The van der Waals surface area contributed by atoms with Gasteiger partial charge in [0.15, 0.2) is 6.54 Å². The SMILES string of the molecule is C[C@@H](NC(=O)C[NH+]1CCN(c2cccc(C(F)(F)F)c2)CC1)c1cccs1. The maximum absolute atomic E-state index is 12.9. The number of nitrogens with one attached hydrogen (secondary N) is 2. The van der Waals surface area contributed by atoms with E-state index in [1.54, 1.807) is 17.4 Å². The first-order valence-corrected chi connectivity index (χ1v) is 9.79. The molecule has 1 aliphatic heterocycles. The van der Waals surface area contributed by atoms with Crippen LogP contribution in [0.4, 0.5) is 18.9 Å². The Morgan fingerprint density at radius 2 is 2.00 bits per heavy atom. The summed E-state index contributed by atoms with van der Waals surface area (Å²) in [7, 11) is 0. The fourth-order valence-electron chi connectivity index (χ4n) is 3.27. The van der Waals surface area contributed by atoms with Crippen LogP contribution in [0.25, 0.3) is 0 Å². The number of nitrogens with zero attached hydrogens (tertiary/aromatic N) is 1. The largest absolute Gasteiger partial charge is 0.416 e. The quantitative estimate of drug-likeness (QED) is 0.811. The second-order valence-electron chi connectivity index (χ2n) is 6.77. The number of quaternary nitrogens is 1. The lowest BCUT2D eigenvalue weighted by molar-refractivity contribution is -0.892. The van der Waals surface area contributed by atoms with Gasteiger partial charge >= 0.3 is 6.18 Å². The molecule has 3 rings (SSSR count). The number of rotatable bonds is 5. The molecule has 0 saturated carbocycles. The predicted octanol–water partition coefficient (Wildman–Crippen LogP) is 2.35. The summed E-state index contributed by atoms with van der Waals surface area (Å²) < 4.78 is 38.6. The zero-order valence-electron chi connectivity index (χ0n) is 15.1. The molecular weight excluding hydrogens is 375 g/mol. The van der Waals surface area contributed by atoms with E-state index in [0.29, 0.717) is 25.3 Å². The van der Waals surface area contributed by atoms with Gasteiger partial charge in [-0.15, -0.1) is 11.3 Å². The molecule has 0 bridgehead atoms. The highest BCUT2D eigenvalue weighted by Crippen LogP contribution is 2.31. The average Bonchev–Trinajstić information content (AvgIpc) is 3.16. The predicted molar refractivity (Wildman–Crippen MR) is 100 cm³/mol. The molecule has 1 amide bonds. The molecule has 1 aliphatic rings. The number of hydrogen-bond donors (Lipinski definition) is 2. The molecule has 0 radical (unpaired) electrons. The van der Waals surface area contributed by atoms with Crippen molar-refractivity contribution in [1.82, 2.24) is 5.32 Å². The summed E-state index contributed by atoms with van der Waals surface area (Å²) in [4.78, 5) is 16.5. The van der Waals surface area contributed by atoms with Crippen LogP contribution in [-0.2, 0) is 11.0 Å². The minimum absolute atomic E-state index is 0.00146. The number of hydrogen-bond acceptors (Lipinski definition) is 3. The Balaban J connectivity index is 1.50. The molecule has 27 heavy (non-hydrogen) atoms. The number of carbonyl (C=O) groups excluding carboxylic acids is 1. The normalized spacial score (nSPS) is 17.0. The Morgan fingerprint density at radius 1 is 1.26 bits per heavy atom. The van der Waals surface area contributed by atoms with Crippen molar-refractivity contribution in [2.75, 3.05) is 37.6 Å². The number of halogens is 3. The van der Waals surface area contributed by atoms with Gasteiger partial charge in [0.1, 0.15) is 0 Å². The number of carbonyl (C=O) groups is 1. The Kier molecular flexibility index (Phi) is 6.06. The van der Waals surface area contributed by atoms with E-state index in [0.717, 1.165) is 28.9 Å². The van der Waals surface area contributed by atoms with E-state index in [9.17, 15) is 18.0 Å². The van der Waals surface area contributed by atoms with Crippen molar-refractivity contribution >= 4 is 22.9 Å². The number of alkyl halides is 3. The molecule has 1 fully saturated rings. The number of anilines is 1. The van der Waals surface area contributed by atoms with E-state index in [1.165, 1.54) is 12.1 Å². The minimum atomic E-state index is -4.33. The second kappa shape index (κ2) is 8.31. The zero-order chi connectivity index (χ0) is 19.4. The van der Waals surface area contributed by atoms with Crippen molar-refractivity contribution in [3.05, 3.63) is 52.2 Å². The zero-order valence-corrected chi connectivity index (χ0v) is 15.9. The van der Waals surface area contributed by atoms with Crippen LogP contribution in [0, 0.1) is 0 Å². The maximum Gasteiger partial charge on any atom is 0.416 e. The van der Waals surface area contributed by atoms with Gasteiger partial charge in [0.05, 0.1) is 37.8 Å². The van der Waals surface area contributed by atoms with Crippen LogP contribution < -0.4 is 15.1 Å². The van der Waals surface area contributed by atoms with E-state index < -0.39 is 11.7 Å². The summed E-state index contributed by atoms with van der Waals surface area (Å²) in [6.07, 6.45) is -4.33. The fourth-order valence-corrected chi connectivity index (χ4v) is 4.00. The Bertz CT molecular complexity index is 756. The van der Waals surface area contributed by atoms with Crippen molar-refractivity contribution < 1.29 is 22.9 Å². The van der Waals surface area contributed by atoms with Crippen LogP contribution in [0.5, 0.6) is 0 Å². The first kappa shape index (κ1) is 19.7. The van der Waals surface area contributed by atoms with Crippen molar-refractivity contribution in [2.24, 2.45) is 0 Å². The summed E-state index contributed by atoms with van der Waals surface area (Å²) in [5.74, 6) is -0.00146. The molecule has 4 nitrogen and oxygen atoms in total. The Hall–Kier alpha value is -2.06. The van der Waals surface area contributed by atoms with Gasteiger partial charge in [-0.05, 0) is 36.6 Å². The van der Waals surface area contributed by atoms with Gasteiger partial charge < -0.3 is 15.1 Å². The molecule has 0 spiro atoms. The molecule has 8 heteroatoms. The van der Waals surface area contributed by atoms with Gasteiger partial charge in [-0.2, -0.15) is 13.2 Å². The van der Waals surface area contributed by atoms with Gasteiger partial charge in [-0.1, -0.05) is 12.1 Å². The van der Waals surface area contributed by atoms with E-state index in [2.05, 4.69) is 5.32 Å². The third kappa shape index (κ3) is 5.23. The number of benzene rings is 1. The molecule has 2 N–H and O–H groups in total. The highest BCUT2D eigenvalue weighted by Gasteiger charge is 2.31. The van der Waals surface area contributed by atoms with E-state index in [-0.39, 0.29) is 11.9 Å². The molecule has 1 aromatic heterocycles. The molecular formula is C19H23F3N3OS+. The van der Waals surface area contributed by atoms with Crippen LogP contribution in [0.3, 0.4) is 0 Å². The topological polar surface area (TPSA) is 36.8 Å². The highest BCUT2D eigenvalue weighted by molar-refractivity contribution is 7.10. The number of piperazine rings is 1. The minimum Gasteiger partial charge on any atom is -0.360 e. The number of thiophene rings is 1. The van der Waals surface area contributed by atoms with E-state index >= 15 is 0 Å². The van der Waals surface area contributed by atoms with Crippen molar-refractivity contribution in [1.29, 1.82) is 0 Å². The van der Waals surface area contributed by atoms with Crippen LogP contribution >= 0.6 is 11.3 Å². The molecule has 1 atom stereocenters. The van der Waals surface area contributed by atoms with Crippen molar-refractivity contribution in [3.8, 4) is 0 Å². The Labute approximate surface area is 160 Å². The van der Waals surface area contributed by atoms with Crippen LogP contribution in [0.2, 0.25) is 0 Å². The van der Waals surface area contributed by atoms with Crippen LogP contribution in [0.1, 0.15) is 23.4 Å². The third-order valence-corrected chi connectivity index (χ3v) is 5.82. The van der Waals surface area contributed by atoms with Crippen molar-refractivity contribution in [3.63, 3.8) is 0 Å². The van der Waals surface area contributed by atoms with Gasteiger partial charge in [0.25, 0.3) is 5.91 Å². The lowest BCUT2D eigenvalue weighted by atomic mass is 10.1.